The Morgan fingerprint density at radius 3 is 2.29 bits per heavy atom. The van der Waals surface area contributed by atoms with Gasteiger partial charge in [-0.1, -0.05) is 78.9 Å². The second kappa shape index (κ2) is 7.41. The molecule has 1 atom stereocenters. The summed E-state index contributed by atoms with van der Waals surface area (Å²) in [5, 5.41) is 6.99. The minimum Gasteiger partial charge on any atom is -0.234 e. The lowest BCUT2D eigenvalue weighted by Crippen LogP contribution is -2.23. The Morgan fingerprint density at radius 1 is 0.806 bits per heavy atom. The lowest BCUT2D eigenvalue weighted by atomic mass is 9.67. The van der Waals surface area contributed by atoms with Crippen molar-refractivity contribution in [1.29, 1.82) is 0 Å². The van der Waals surface area contributed by atoms with Crippen molar-refractivity contribution in [2.75, 3.05) is 5.01 Å². The summed E-state index contributed by atoms with van der Waals surface area (Å²) < 4.78 is 0. The zero-order valence-corrected chi connectivity index (χ0v) is 17.1. The second-order valence-electron chi connectivity index (χ2n) is 8.07. The fourth-order valence-electron chi connectivity index (χ4n) is 4.82. The maximum atomic E-state index is 4.98. The standard InChI is InChI=1S/C29H22N2/c1-3-12-25(13-4-1)31(26-14-5-2-6-15-26)30-20-24-19-23-11-7-9-21-17-18-22-10-8-16-27(24)29(22)28(21)23/h1-15,17-20,28H,16H2. The van der Waals surface area contributed by atoms with Crippen LogP contribution in [-0.2, 0) is 0 Å². The minimum atomic E-state index is 0.362. The largest absolute Gasteiger partial charge is 0.234 e. The lowest BCUT2D eigenvalue weighted by Gasteiger charge is -2.36. The van der Waals surface area contributed by atoms with Gasteiger partial charge < -0.3 is 0 Å². The Labute approximate surface area is 182 Å². The average Bonchev–Trinajstić information content (AvgIpc) is 2.84. The van der Waals surface area contributed by atoms with E-state index in [4.69, 9.17) is 5.10 Å². The number of benzene rings is 2. The zero-order valence-electron chi connectivity index (χ0n) is 17.1. The van der Waals surface area contributed by atoms with Crippen molar-refractivity contribution in [2.45, 2.75) is 6.42 Å². The van der Waals surface area contributed by atoms with Gasteiger partial charge in [0, 0.05) is 5.92 Å². The first-order valence-electron chi connectivity index (χ1n) is 10.7. The third-order valence-electron chi connectivity index (χ3n) is 6.23. The molecule has 2 aromatic carbocycles. The van der Waals surface area contributed by atoms with Crippen LogP contribution >= 0.6 is 0 Å². The van der Waals surface area contributed by atoms with Crippen LogP contribution in [0.2, 0.25) is 0 Å². The maximum absolute atomic E-state index is 4.98. The Hall–Kier alpha value is -3.91. The summed E-state index contributed by atoms with van der Waals surface area (Å²) in [5.74, 6) is 0.362. The van der Waals surface area contributed by atoms with Gasteiger partial charge in [-0.3, -0.25) is 0 Å². The van der Waals surface area contributed by atoms with Crippen LogP contribution < -0.4 is 5.01 Å². The normalized spacial score (nSPS) is 20.7. The van der Waals surface area contributed by atoms with Crippen LogP contribution in [0.15, 0.2) is 148 Å². The summed E-state index contributed by atoms with van der Waals surface area (Å²) >= 11 is 0. The van der Waals surface area contributed by atoms with Gasteiger partial charge in [0.1, 0.15) is 0 Å². The van der Waals surface area contributed by atoms with E-state index >= 15 is 0 Å². The molecule has 2 heteroatoms. The Bertz CT molecular complexity index is 1240. The van der Waals surface area contributed by atoms with Crippen LogP contribution in [0.25, 0.3) is 0 Å². The van der Waals surface area contributed by atoms with Gasteiger partial charge in [0.25, 0.3) is 0 Å². The molecule has 6 rings (SSSR count). The van der Waals surface area contributed by atoms with Gasteiger partial charge in [-0.2, -0.15) is 5.10 Å². The zero-order chi connectivity index (χ0) is 20.6. The molecular weight excluding hydrogens is 376 g/mol. The van der Waals surface area contributed by atoms with E-state index in [0.29, 0.717) is 5.92 Å². The number of para-hydroxylation sites is 2. The number of anilines is 2. The summed E-state index contributed by atoms with van der Waals surface area (Å²) in [7, 11) is 0. The van der Waals surface area contributed by atoms with Crippen molar-refractivity contribution in [3.8, 4) is 0 Å². The van der Waals surface area contributed by atoms with Gasteiger partial charge in [0.15, 0.2) is 0 Å². The van der Waals surface area contributed by atoms with Gasteiger partial charge in [-0.15, -0.1) is 0 Å². The van der Waals surface area contributed by atoms with Crippen LogP contribution in [0.4, 0.5) is 11.4 Å². The number of rotatable bonds is 4. The molecule has 2 aromatic rings. The van der Waals surface area contributed by atoms with E-state index in [2.05, 4.69) is 72.9 Å². The molecule has 0 N–H and O–H groups in total. The van der Waals surface area contributed by atoms with Crippen molar-refractivity contribution < 1.29 is 0 Å². The van der Waals surface area contributed by atoms with Crippen molar-refractivity contribution in [3.63, 3.8) is 0 Å². The second-order valence-corrected chi connectivity index (χ2v) is 8.07. The molecular formula is C29H22N2. The Morgan fingerprint density at radius 2 is 1.55 bits per heavy atom. The molecule has 0 bridgehead atoms. The van der Waals surface area contributed by atoms with Gasteiger partial charge in [0.05, 0.1) is 17.6 Å². The van der Waals surface area contributed by atoms with Gasteiger partial charge in [0.2, 0.25) is 0 Å². The minimum absolute atomic E-state index is 0.362. The fourth-order valence-corrected chi connectivity index (χ4v) is 4.82. The van der Waals surface area contributed by atoms with E-state index in [0.717, 1.165) is 17.8 Å². The van der Waals surface area contributed by atoms with Crippen LogP contribution in [0.5, 0.6) is 0 Å². The highest BCUT2D eigenvalue weighted by atomic mass is 15.5. The SMILES string of the molecule is C1=CC2=CC(C=NN(c3ccccc3)c3ccccc3)=C3CC=CC4=C3C2C(=C1)C=C4. The van der Waals surface area contributed by atoms with Crippen LogP contribution in [0, 0.1) is 5.92 Å². The van der Waals surface area contributed by atoms with Crippen molar-refractivity contribution >= 4 is 17.6 Å². The van der Waals surface area contributed by atoms with Crippen LogP contribution in [-0.4, -0.2) is 6.21 Å². The highest BCUT2D eigenvalue weighted by molar-refractivity contribution is 5.89. The Kier molecular flexibility index (Phi) is 4.28. The van der Waals surface area contributed by atoms with E-state index in [1.54, 1.807) is 0 Å². The maximum Gasteiger partial charge on any atom is 0.0652 e. The predicted molar refractivity (Wildman–Crippen MR) is 129 cm³/mol. The summed E-state index contributed by atoms with van der Waals surface area (Å²) in [4.78, 5) is 0. The van der Waals surface area contributed by atoms with Crippen LogP contribution in [0.3, 0.4) is 0 Å². The van der Waals surface area contributed by atoms with Gasteiger partial charge in [-0.05, 0) is 70.2 Å². The molecule has 0 fully saturated rings. The number of nitrogens with zero attached hydrogens (tertiary/aromatic N) is 2. The number of hydrogen-bond donors (Lipinski definition) is 0. The number of hydrogen-bond acceptors (Lipinski definition) is 2. The summed E-state index contributed by atoms with van der Waals surface area (Å²) in [5.41, 5.74) is 10.2. The quantitative estimate of drug-likeness (QED) is 0.400. The average molecular weight is 399 g/mol. The lowest BCUT2D eigenvalue weighted by molar-refractivity contribution is 0.828. The summed E-state index contributed by atoms with van der Waals surface area (Å²) in [6, 6.07) is 20.6. The smallest absolute Gasteiger partial charge is 0.0652 e. The number of allylic oxidation sites excluding steroid dienone is 14. The third kappa shape index (κ3) is 3.08. The van der Waals surface area contributed by atoms with E-state index < -0.39 is 0 Å². The summed E-state index contributed by atoms with van der Waals surface area (Å²) in [6.07, 6.45) is 21.0. The molecule has 0 aliphatic heterocycles. The van der Waals surface area contributed by atoms with Crippen molar-refractivity contribution in [1.82, 2.24) is 0 Å². The molecule has 4 aliphatic rings. The monoisotopic (exact) mass is 398 g/mol. The van der Waals surface area contributed by atoms with Gasteiger partial charge >= 0.3 is 0 Å². The Balaban J connectivity index is 1.46. The van der Waals surface area contributed by atoms with E-state index in [9.17, 15) is 0 Å². The first-order valence-corrected chi connectivity index (χ1v) is 10.7. The molecule has 31 heavy (non-hydrogen) atoms. The third-order valence-corrected chi connectivity index (χ3v) is 6.23. The molecule has 0 spiro atoms. The molecule has 0 radical (unpaired) electrons. The molecule has 1 unspecified atom stereocenters. The molecule has 4 aliphatic carbocycles. The van der Waals surface area contributed by atoms with Crippen molar-refractivity contribution in [3.05, 3.63) is 143 Å². The molecule has 0 saturated heterocycles. The first-order chi connectivity index (χ1) is 15.4. The van der Waals surface area contributed by atoms with E-state index in [-0.39, 0.29) is 0 Å². The highest BCUT2D eigenvalue weighted by Crippen LogP contribution is 2.48. The topological polar surface area (TPSA) is 15.6 Å². The first kappa shape index (κ1) is 17.9. The van der Waals surface area contributed by atoms with Gasteiger partial charge in [-0.25, -0.2) is 5.01 Å². The molecule has 0 aromatic heterocycles. The van der Waals surface area contributed by atoms with Crippen LogP contribution in [0.1, 0.15) is 6.42 Å². The molecule has 0 amide bonds. The molecule has 2 nitrogen and oxygen atoms in total. The molecule has 148 valence electrons. The molecule has 0 heterocycles. The van der Waals surface area contributed by atoms with E-state index in [1.807, 2.05) is 47.6 Å². The van der Waals surface area contributed by atoms with E-state index in [1.165, 1.54) is 33.4 Å². The fraction of sp³-hybridized carbons (Fsp3) is 0.0690. The predicted octanol–water partition coefficient (Wildman–Crippen LogP) is 6.99. The van der Waals surface area contributed by atoms with Crippen molar-refractivity contribution in [2.24, 2.45) is 11.0 Å². The molecule has 0 saturated carbocycles. The summed E-state index contributed by atoms with van der Waals surface area (Å²) in [6.45, 7) is 0. The highest BCUT2D eigenvalue weighted by Gasteiger charge is 2.33. The number of hydrazone groups is 1.